The van der Waals surface area contributed by atoms with Gasteiger partial charge in [0.05, 0.1) is 5.69 Å². The molecule has 3 aromatic rings. The predicted molar refractivity (Wildman–Crippen MR) is 101 cm³/mol. The molecule has 0 saturated carbocycles. The maximum absolute atomic E-state index is 12.4. The number of benzene rings is 2. The van der Waals surface area contributed by atoms with Crippen molar-refractivity contribution in [2.75, 3.05) is 5.32 Å². The average molecular weight is 336 g/mol. The van der Waals surface area contributed by atoms with E-state index in [2.05, 4.69) is 41.5 Å². The van der Waals surface area contributed by atoms with Gasteiger partial charge in [-0.2, -0.15) is 0 Å². The van der Waals surface area contributed by atoms with Crippen molar-refractivity contribution in [1.82, 2.24) is 4.98 Å². The van der Waals surface area contributed by atoms with Crippen LogP contribution in [-0.2, 0) is 6.42 Å². The number of thiazole rings is 1. The third-order valence-corrected chi connectivity index (χ3v) is 4.77. The number of hydrogen-bond donors (Lipinski definition) is 1. The summed E-state index contributed by atoms with van der Waals surface area (Å²) in [4.78, 5) is 17.0. The van der Waals surface area contributed by atoms with Gasteiger partial charge in [0.15, 0.2) is 5.13 Å². The smallest absolute Gasteiger partial charge is 0.257 e. The zero-order chi connectivity index (χ0) is 17.1. The second-order valence-corrected chi connectivity index (χ2v) is 6.72. The molecule has 1 aromatic heterocycles. The fourth-order valence-corrected chi connectivity index (χ4v) is 3.32. The Bertz CT molecular complexity index is 866. The van der Waals surface area contributed by atoms with Crippen molar-refractivity contribution >= 4 is 22.4 Å². The molecule has 0 fully saturated rings. The molecule has 122 valence electrons. The Morgan fingerprint density at radius 3 is 2.54 bits per heavy atom. The van der Waals surface area contributed by atoms with E-state index in [-0.39, 0.29) is 5.91 Å². The van der Waals surface area contributed by atoms with E-state index in [9.17, 15) is 4.79 Å². The Balaban J connectivity index is 1.76. The van der Waals surface area contributed by atoms with Crippen LogP contribution in [0, 0.1) is 13.8 Å². The SMILES string of the molecule is CCc1ccc(-c2csc(NC(=O)c3ccc(C)cc3C)n2)cc1. The normalized spacial score (nSPS) is 10.6. The number of rotatable bonds is 4. The summed E-state index contributed by atoms with van der Waals surface area (Å²) in [7, 11) is 0. The molecular weight excluding hydrogens is 316 g/mol. The van der Waals surface area contributed by atoms with Crippen molar-refractivity contribution in [1.29, 1.82) is 0 Å². The largest absolute Gasteiger partial charge is 0.298 e. The molecule has 0 bridgehead atoms. The van der Waals surface area contributed by atoms with Gasteiger partial charge in [0, 0.05) is 16.5 Å². The molecule has 0 aliphatic heterocycles. The molecule has 0 aliphatic carbocycles. The van der Waals surface area contributed by atoms with Crippen LogP contribution in [0.5, 0.6) is 0 Å². The van der Waals surface area contributed by atoms with Crippen LogP contribution in [0.25, 0.3) is 11.3 Å². The number of carbonyl (C=O) groups is 1. The maximum atomic E-state index is 12.4. The Morgan fingerprint density at radius 1 is 1.12 bits per heavy atom. The van der Waals surface area contributed by atoms with E-state index in [0.717, 1.165) is 28.8 Å². The van der Waals surface area contributed by atoms with Gasteiger partial charge in [-0.1, -0.05) is 48.9 Å². The molecule has 3 nitrogen and oxygen atoms in total. The molecule has 1 N–H and O–H groups in total. The topological polar surface area (TPSA) is 42.0 Å². The Morgan fingerprint density at radius 2 is 1.88 bits per heavy atom. The van der Waals surface area contributed by atoms with Gasteiger partial charge in [0.25, 0.3) is 5.91 Å². The molecule has 0 unspecified atom stereocenters. The summed E-state index contributed by atoms with van der Waals surface area (Å²) in [5.74, 6) is -0.116. The first-order valence-electron chi connectivity index (χ1n) is 8.00. The van der Waals surface area contributed by atoms with Crippen LogP contribution in [0.2, 0.25) is 0 Å². The number of aryl methyl sites for hydroxylation is 3. The highest BCUT2D eigenvalue weighted by molar-refractivity contribution is 7.14. The molecule has 4 heteroatoms. The molecular formula is C20H20N2OS. The fraction of sp³-hybridized carbons (Fsp3) is 0.200. The zero-order valence-electron chi connectivity index (χ0n) is 14.1. The quantitative estimate of drug-likeness (QED) is 0.708. The van der Waals surface area contributed by atoms with E-state index < -0.39 is 0 Å². The van der Waals surface area contributed by atoms with E-state index in [1.165, 1.54) is 16.9 Å². The van der Waals surface area contributed by atoms with Crippen LogP contribution in [0.1, 0.15) is 34.0 Å². The van der Waals surface area contributed by atoms with E-state index in [4.69, 9.17) is 0 Å². The first-order chi connectivity index (χ1) is 11.6. The number of nitrogens with zero attached hydrogens (tertiary/aromatic N) is 1. The molecule has 0 atom stereocenters. The number of amides is 1. The van der Waals surface area contributed by atoms with Crippen molar-refractivity contribution in [3.63, 3.8) is 0 Å². The van der Waals surface area contributed by atoms with Crippen LogP contribution in [-0.4, -0.2) is 10.9 Å². The number of nitrogens with one attached hydrogen (secondary N) is 1. The van der Waals surface area contributed by atoms with Gasteiger partial charge in [0.2, 0.25) is 0 Å². The third kappa shape index (κ3) is 3.54. The van der Waals surface area contributed by atoms with Crippen LogP contribution in [0.4, 0.5) is 5.13 Å². The second kappa shape index (κ2) is 6.97. The molecule has 1 amide bonds. The van der Waals surface area contributed by atoms with Gasteiger partial charge in [-0.3, -0.25) is 10.1 Å². The minimum Gasteiger partial charge on any atom is -0.298 e. The van der Waals surface area contributed by atoms with Gasteiger partial charge >= 0.3 is 0 Å². The van der Waals surface area contributed by atoms with Crippen LogP contribution in [0.3, 0.4) is 0 Å². The number of hydrogen-bond acceptors (Lipinski definition) is 3. The summed E-state index contributed by atoms with van der Waals surface area (Å²) >= 11 is 1.44. The summed E-state index contributed by atoms with van der Waals surface area (Å²) in [6, 6.07) is 14.2. The molecule has 0 radical (unpaired) electrons. The summed E-state index contributed by atoms with van der Waals surface area (Å²) in [6.45, 7) is 6.11. The summed E-state index contributed by atoms with van der Waals surface area (Å²) in [6.07, 6.45) is 1.02. The third-order valence-electron chi connectivity index (χ3n) is 4.01. The number of carbonyl (C=O) groups excluding carboxylic acids is 1. The molecule has 1 heterocycles. The molecule has 0 spiro atoms. The maximum Gasteiger partial charge on any atom is 0.257 e. The molecule has 24 heavy (non-hydrogen) atoms. The van der Waals surface area contributed by atoms with Gasteiger partial charge in [-0.05, 0) is 37.5 Å². The minimum absolute atomic E-state index is 0.116. The molecule has 2 aromatic carbocycles. The van der Waals surface area contributed by atoms with Gasteiger partial charge in [-0.25, -0.2) is 4.98 Å². The van der Waals surface area contributed by atoms with Crippen LogP contribution < -0.4 is 5.32 Å². The lowest BCUT2D eigenvalue weighted by atomic mass is 10.1. The zero-order valence-corrected chi connectivity index (χ0v) is 14.9. The second-order valence-electron chi connectivity index (χ2n) is 5.86. The first-order valence-corrected chi connectivity index (χ1v) is 8.88. The fourth-order valence-electron chi connectivity index (χ4n) is 2.61. The van der Waals surface area contributed by atoms with Gasteiger partial charge < -0.3 is 0 Å². The first kappa shape index (κ1) is 16.4. The lowest BCUT2D eigenvalue weighted by Gasteiger charge is -2.06. The van der Waals surface area contributed by atoms with Crippen LogP contribution in [0.15, 0.2) is 47.8 Å². The lowest BCUT2D eigenvalue weighted by molar-refractivity contribution is 0.102. The van der Waals surface area contributed by atoms with Gasteiger partial charge in [-0.15, -0.1) is 11.3 Å². The highest BCUT2D eigenvalue weighted by Gasteiger charge is 2.12. The van der Waals surface area contributed by atoms with E-state index in [0.29, 0.717) is 10.7 Å². The Labute approximate surface area is 146 Å². The minimum atomic E-state index is -0.116. The molecule has 3 rings (SSSR count). The van der Waals surface area contributed by atoms with Crippen molar-refractivity contribution in [3.05, 3.63) is 70.1 Å². The van der Waals surface area contributed by atoms with Crippen molar-refractivity contribution < 1.29 is 4.79 Å². The highest BCUT2D eigenvalue weighted by Crippen LogP contribution is 2.26. The number of anilines is 1. The summed E-state index contributed by atoms with van der Waals surface area (Å²) in [5.41, 5.74) is 6.06. The monoisotopic (exact) mass is 336 g/mol. The van der Waals surface area contributed by atoms with Gasteiger partial charge in [0.1, 0.15) is 0 Å². The number of aromatic nitrogens is 1. The van der Waals surface area contributed by atoms with Crippen molar-refractivity contribution in [2.45, 2.75) is 27.2 Å². The standard InChI is InChI=1S/C20H20N2OS/c1-4-15-6-8-16(9-7-15)18-12-24-20(21-18)22-19(23)17-10-5-13(2)11-14(17)3/h5-12H,4H2,1-3H3,(H,21,22,23). The van der Waals surface area contributed by atoms with E-state index in [1.807, 2.05) is 37.4 Å². The Hall–Kier alpha value is -2.46. The molecule has 0 aliphatic rings. The van der Waals surface area contributed by atoms with E-state index in [1.54, 1.807) is 0 Å². The summed E-state index contributed by atoms with van der Waals surface area (Å²) < 4.78 is 0. The predicted octanol–water partition coefficient (Wildman–Crippen LogP) is 5.24. The van der Waals surface area contributed by atoms with Crippen molar-refractivity contribution in [2.24, 2.45) is 0 Å². The van der Waals surface area contributed by atoms with Crippen LogP contribution >= 0.6 is 11.3 Å². The lowest BCUT2D eigenvalue weighted by Crippen LogP contribution is -2.13. The Kier molecular flexibility index (Phi) is 4.76. The highest BCUT2D eigenvalue weighted by atomic mass is 32.1. The average Bonchev–Trinajstić information content (AvgIpc) is 3.03. The van der Waals surface area contributed by atoms with Crippen molar-refractivity contribution in [3.8, 4) is 11.3 Å². The summed E-state index contributed by atoms with van der Waals surface area (Å²) in [5, 5.41) is 5.49. The molecule has 0 saturated heterocycles. The van der Waals surface area contributed by atoms with E-state index >= 15 is 0 Å².